The molecule has 0 aliphatic heterocycles. The Morgan fingerprint density at radius 2 is 1.57 bits per heavy atom. The number of aryl methyl sites for hydroxylation is 1. The predicted octanol–water partition coefficient (Wildman–Crippen LogP) is 1.81. The van der Waals surface area contributed by atoms with Crippen molar-refractivity contribution in [2.24, 2.45) is 0 Å². The van der Waals surface area contributed by atoms with Crippen LogP contribution >= 0.6 is 0 Å². The molecule has 23 heavy (non-hydrogen) atoms. The maximum atomic E-state index is 12.1. The van der Waals surface area contributed by atoms with Crippen LogP contribution in [-0.2, 0) is 9.47 Å². The zero-order chi connectivity index (χ0) is 17.0. The van der Waals surface area contributed by atoms with E-state index in [2.05, 4.69) is 19.9 Å². The molecule has 1 aromatic carbocycles. The van der Waals surface area contributed by atoms with Crippen LogP contribution in [0, 0.1) is 6.92 Å². The van der Waals surface area contributed by atoms with E-state index in [0.717, 1.165) is 0 Å². The Balaban J connectivity index is 2.34. The van der Waals surface area contributed by atoms with Crippen molar-refractivity contribution >= 4 is 23.5 Å². The van der Waals surface area contributed by atoms with Crippen molar-refractivity contribution in [2.45, 2.75) is 6.92 Å². The first kappa shape index (κ1) is 16.2. The number of nitrogens with zero attached hydrogens (tertiary/aromatic N) is 1. The average molecular weight is 318 g/mol. The van der Waals surface area contributed by atoms with E-state index in [0.29, 0.717) is 5.76 Å². The predicted molar refractivity (Wildman–Crippen MR) is 78.3 cm³/mol. The zero-order valence-electron chi connectivity index (χ0n) is 12.7. The molecule has 0 aliphatic rings. The van der Waals surface area contributed by atoms with Gasteiger partial charge >= 0.3 is 11.9 Å². The zero-order valence-corrected chi connectivity index (χ0v) is 12.7. The van der Waals surface area contributed by atoms with E-state index in [-0.39, 0.29) is 22.5 Å². The Hall–Kier alpha value is -3.16. The summed E-state index contributed by atoms with van der Waals surface area (Å²) in [5, 5.41) is 6.12. The molecule has 0 saturated carbocycles. The molecule has 2 aromatic rings. The molecule has 2 rings (SSSR count). The minimum atomic E-state index is -0.650. The van der Waals surface area contributed by atoms with Crippen molar-refractivity contribution in [3.8, 4) is 0 Å². The second-order valence-corrected chi connectivity index (χ2v) is 4.56. The summed E-state index contributed by atoms with van der Waals surface area (Å²) in [5.74, 6) is -1.36. The molecule has 1 aromatic heterocycles. The van der Waals surface area contributed by atoms with Crippen LogP contribution in [0.3, 0.4) is 0 Å². The number of hydrogen-bond donors (Lipinski definition) is 1. The van der Waals surface area contributed by atoms with Gasteiger partial charge in [-0.2, -0.15) is 0 Å². The van der Waals surface area contributed by atoms with Gasteiger partial charge in [-0.1, -0.05) is 5.16 Å². The van der Waals surface area contributed by atoms with E-state index in [1.807, 2.05) is 0 Å². The van der Waals surface area contributed by atoms with Crippen LogP contribution in [0.25, 0.3) is 0 Å². The van der Waals surface area contributed by atoms with E-state index < -0.39 is 17.8 Å². The Bertz CT molecular complexity index is 731. The van der Waals surface area contributed by atoms with Gasteiger partial charge in [0.15, 0.2) is 5.69 Å². The maximum Gasteiger partial charge on any atom is 0.337 e. The van der Waals surface area contributed by atoms with Crippen molar-refractivity contribution in [1.82, 2.24) is 5.16 Å². The molecule has 0 aliphatic carbocycles. The van der Waals surface area contributed by atoms with Gasteiger partial charge < -0.3 is 19.3 Å². The fraction of sp³-hybridized carbons (Fsp3) is 0.200. The Morgan fingerprint density at radius 3 is 2.00 bits per heavy atom. The van der Waals surface area contributed by atoms with Gasteiger partial charge in [0.25, 0.3) is 5.91 Å². The summed E-state index contributed by atoms with van der Waals surface area (Å²) < 4.78 is 14.1. The summed E-state index contributed by atoms with van der Waals surface area (Å²) >= 11 is 0. The molecule has 0 unspecified atom stereocenters. The van der Waals surface area contributed by atoms with Gasteiger partial charge in [-0.3, -0.25) is 4.79 Å². The largest absolute Gasteiger partial charge is 0.465 e. The standard InChI is InChI=1S/C15H14N2O6/c1-8-4-12(17-23-8)13(18)16-11-6-9(14(19)21-2)5-10(7-11)15(20)22-3/h4-7H,1-3H3,(H,16,18). The summed E-state index contributed by atoms with van der Waals surface area (Å²) in [7, 11) is 2.42. The Labute approximate surface area is 131 Å². The lowest BCUT2D eigenvalue weighted by Gasteiger charge is -2.08. The van der Waals surface area contributed by atoms with Crippen molar-refractivity contribution in [2.75, 3.05) is 19.5 Å². The third-order valence-corrected chi connectivity index (χ3v) is 2.89. The first-order chi connectivity index (χ1) is 10.9. The van der Waals surface area contributed by atoms with E-state index in [4.69, 9.17) is 4.52 Å². The number of aromatic nitrogens is 1. The second kappa shape index (κ2) is 6.73. The van der Waals surface area contributed by atoms with Crippen molar-refractivity contribution < 1.29 is 28.4 Å². The quantitative estimate of drug-likeness (QED) is 0.856. The lowest BCUT2D eigenvalue weighted by Crippen LogP contribution is -2.14. The SMILES string of the molecule is COC(=O)c1cc(NC(=O)c2cc(C)on2)cc(C(=O)OC)c1. The highest BCUT2D eigenvalue weighted by Gasteiger charge is 2.16. The summed E-state index contributed by atoms with van der Waals surface area (Å²) in [4.78, 5) is 35.4. The summed E-state index contributed by atoms with van der Waals surface area (Å²) in [6, 6.07) is 5.53. The molecular formula is C15H14N2O6. The number of amides is 1. The van der Waals surface area contributed by atoms with Crippen LogP contribution in [0.5, 0.6) is 0 Å². The van der Waals surface area contributed by atoms with E-state index in [1.165, 1.54) is 38.5 Å². The molecular weight excluding hydrogens is 304 g/mol. The number of nitrogens with one attached hydrogen (secondary N) is 1. The van der Waals surface area contributed by atoms with Crippen molar-refractivity contribution in [1.29, 1.82) is 0 Å². The topological polar surface area (TPSA) is 108 Å². The highest BCUT2D eigenvalue weighted by molar-refractivity contribution is 6.04. The highest BCUT2D eigenvalue weighted by atomic mass is 16.5. The minimum absolute atomic E-state index is 0.0746. The highest BCUT2D eigenvalue weighted by Crippen LogP contribution is 2.18. The third-order valence-electron chi connectivity index (χ3n) is 2.89. The van der Waals surface area contributed by atoms with Crippen LogP contribution in [-0.4, -0.2) is 37.2 Å². The third kappa shape index (κ3) is 3.73. The molecule has 0 saturated heterocycles. The molecule has 0 atom stereocenters. The maximum absolute atomic E-state index is 12.1. The van der Waals surface area contributed by atoms with Crippen LogP contribution in [0.15, 0.2) is 28.8 Å². The summed E-state index contributed by atoms with van der Waals surface area (Å²) in [6.07, 6.45) is 0. The first-order valence-corrected chi connectivity index (χ1v) is 6.51. The lowest BCUT2D eigenvalue weighted by molar-refractivity contribution is 0.0599. The fourth-order valence-electron chi connectivity index (χ4n) is 1.84. The van der Waals surface area contributed by atoms with Gasteiger partial charge in [-0.25, -0.2) is 9.59 Å². The van der Waals surface area contributed by atoms with E-state index >= 15 is 0 Å². The molecule has 0 fully saturated rings. The van der Waals surface area contributed by atoms with Gasteiger partial charge in [-0.15, -0.1) is 0 Å². The monoisotopic (exact) mass is 318 g/mol. The number of ether oxygens (including phenoxy) is 2. The number of carbonyl (C=O) groups excluding carboxylic acids is 3. The van der Waals surface area contributed by atoms with Gasteiger partial charge in [0.05, 0.1) is 25.3 Å². The van der Waals surface area contributed by atoms with Gasteiger partial charge in [0, 0.05) is 11.8 Å². The van der Waals surface area contributed by atoms with Gasteiger partial charge in [-0.05, 0) is 25.1 Å². The average Bonchev–Trinajstić information content (AvgIpc) is 2.99. The minimum Gasteiger partial charge on any atom is -0.465 e. The molecule has 1 heterocycles. The molecule has 0 spiro atoms. The molecule has 0 radical (unpaired) electrons. The summed E-state index contributed by atoms with van der Waals surface area (Å²) in [6.45, 7) is 1.65. The van der Waals surface area contributed by atoms with E-state index in [9.17, 15) is 14.4 Å². The summed E-state index contributed by atoms with van der Waals surface area (Å²) in [5.41, 5.74) is 0.494. The molecule has 8 heteroatoms. The molecule has 0 bridgehead atoms. The Kier molecular flexibility index (Phi) is 4.75. The van der Waals surface area contributed by atoms with Crippen molar-refractivity contribution in [3.63, 3.8) is 0 Å². The number of benzene rings is 1. The van der Waals surface area contributed by atoms with Crippen LogP contribution in [0.4, 0.5) is 5.69 Å². The van der Waals surface area contributed by atoms with E-state index in [1.54, 1.807) is 6.92 Å². The van der Waals surface area contributed by atoms with Gasteiger partial charge in [0.2, 0.25) is 0 Å². The number of anilines is 1. The fourth-order valence-corrected chi connectivity index (χ4v) is 1.84. The Morgan fingerprint density at radius 1 is 1.00 bits per heavy atom. The smallest absolute Gasteiger partial charge is 0.337 e. The van der Waals surface area contributed by atoms with Crippen LogP contribution < -0.4 is 5.32 Å². The number of methoxy groups -OCH3 is 2. The van der Waals surface area contributed by atoms with Crippen LogP contribution in [0.1, 0.15) is 37.0 Å². The number of carbonyl (C=O) groups is 3. The normalized spacial score (nSPS) is 10.0. The van der Waals surface area contributed by atoms with Gasteiger partial charge in [0.1, 0.15) is 5.76 Å². The van der Waals surface area contributed by atoms with Crippen molar-refractivity contribution in [3.05, 3.63) is 46.8 Å². The number of rotatable bonds is 4. The lowest BCUT2D eigenvalue weighted by atomic mass is 10.1. The van der Waals surface area contributed by atoms with Crippen LogP contribution in [0.2, 0.25) is 0 Å². The molecule has 1 N–H and O–H groups in total. The number of esters is 2. The first-order valence-electron chi connectivity index (χ1n) is 6.51. The second-order valence-electron chi connectivity index (χ2n) is 4.56. The molecule has 120 valence electrons. The molecule has 1 amide bonds. The molecule has 8 nitrogen and oxygen atoms in total. The number of hydrogen-bond acceptors (Lipinski definition) is 7.